The van der Waals surface area contributed by atoms with E-state index in [1.54, 1.807) is 0 Å². The third-order valence-corrected chi connectivity index (χ3v) is 5.54. The molecule has 3 heterocycles. The maximum Gasteiger partial charge on any atom is 0.257 e. The van der Waals surface area contributed by atoms with Crippen LogP contribution in [0, 0.1) is 5.95 Å². The lowest BCUT2D eigenvalue weighted by Gasteiger charge is -2.33. The molecule has 0 unspecified atom stereocenters. The van der Waals surface area contributed by atoms with Crippen molar-refractivity contribution in [2.45, 2.75) is 9.79 Å². The van der Waals surface area contributed by atoms with Crippen LogP contribution in [0.2, 0.25) is 0 Å². The molecule has 2 fully saturated rings. The first-order chi connectivity index (χ1) is 12.8. The number of nitrogens with zero attached hydrogens (tertiary/aromatic N) is 4. The lowest BCUT2D eigenvalue weighted by molar-refractivity contribution is 0.121. The van der Waals surface area contributed by atoms with Gasteiger partial charge in [0.1, 0.15) is 5.69 Å². The Morgan fingerprint density at radius 3 is 2.12 bits per heavy atom. The van der Waals surface area contributed by atoms with Gasteiger partial charge in [-0.25, -0.2) is 0 Å². The molecule has 4 rings (SSSR count). The van der Waals surface area contributed by atoms with Gasteiger partial charge < -0.3 is 19.3 Å². The number of hydrogen-bond acceptors (Lipinski definition) is 7. The van der Waals surface area contributed by atoms with Crippen molar-refractivity contribution < 1.29 is 13.9 Å². The summed E-state index contributed by atoms with van der Waals surface area (Å²) in [5.74, 6) is 0.201. The minimum Gasteiger partial charge on any atom is -0.378 e. The first-order valence-corrected chi connectivity index (χ1v) is 9.59. The summed E-state index contributed by atoms with van der Waals surface area (Å²) in [6.45, 7) is 5.20. The molecule has 0 saturated carbocycles. The molecule has 8 heteroatoms. The third-order valence-electron chi connectivity index (χ3n) is 4.45. The molecule has 6 nitrogen and oxygen atoms in total. The van der Waals surface area contributed by atoms with E-state index in [1.807, 2.05) is 35.2 Å². The fourth-order valence-electron chi connectivity index (χ4n) is 3.13. The number of hydrogen-bond donors (Lipinski definition) is 0. The second kappa shape index (κ2) is 8.20. The van der Waals surface area contributed by atoms with Crippen LogP contribution in [0.4, 0.5) is 15.9 Å². The summed E-state index contributed by atoms with van der Waals surface area (Å²) >= 11 is 1.53. The molecule has 0 N–H and O–H groups in total. The van der Waals surface area contributed by atoms with Gasteiger partial charge in [0.25, 0.3) is 5.95 Å². The van der Waals surface area contributed by atoms with Crippen molar-refractivity contribution in [3.05, 3.63) is 36.3 Å². The van der Waals surface area contributed by atoms with Gasteiger partial charge in [0.05, 0.1) is 31.3 Å². The molecule has 2 aliphatic rings. The van der Waals surface area contributed by atoms with E-state index >= 15 is 0 Å². The van der Waals surface area contributed by atoms with E-state index in [9.17, 15) is 4.39 Å². The van der Waals surface area contributed by atoms with Gasteiger partial charge >= 0.3 is 0 Å². The zero-order valence-corrected chi connectivity index (χ0v) is 15.3. The monoisotopic (exact) mass is 376 g/mol. The summed E-state index contributed by atoms with van der Waals surface area (Å²) in [5.41, 5.74) is 0.527. The van der Waals surface area contributed by atoms with Crippen LogP contribution >= 0.6 is 11.8 Å². The van der Waals surface area contributed by atoms with E-state index in [1.165, 1.54) is 11.8 Å². The van der Waals surface area contributed by atoms with Crippen molar-refractivity contribution >= 4 is 23.3 Å². The van der Waals surface area contributed by atoms with E-state index in [2.05, 4.69) is 15.1 Å². The predicted octanol–water partition coefficient (Wildman–Crippen LogP) is 2.44. The fraction of sp³-hybridized carbons (Fsp3) is 0.444. The summed E-state index contributed by atoms with van der Waals surface area (Å²) < 4.78 is 25.7. The molecule has 2 aliphatic heterocycles. The van der Waals surface area contributed by atoms with Crippen molar-refractivity contribution in [1.82, 2.24) is 10.2 Å². The van der Waals surface area contributed by atoms with Gasteiger partial charge in [-0.05, 0) is 12.1 Å². The van der Waals surface area contributed by atoms with E-state index in [-0.39, 0.29) is 0 Å². The van der Waals surface area contributed by atoms with E-state index in [0.717, 1.165) is 28.7 Å². The highest BCUT2D eigenvalue weighted by Gasteiger charge is 2.27. The standard InChI is InChI=1S/C18H21FN4O2S/c19-17-15(22-6-10-24-11-7-22)16(26-14-4-2-1-3-5-14)18(21-20-17)23-8-12-25-13-9-23/h1-5H,6-13H2. The molecule has 0 aliphatic carbocycles. The quantitative estimate of drug-likeness (QED) is 0.812. The Kier molecular flexibility index (Phi) is 5.52. The summed E-state index contributed by atoms with van der Waals surface area (Å²) in [7, 11) is 0. The van der Waals surface area contributed by atoms with Crippen LogP contribution in [-0.4, -0.2) is 62.8 Å². The Morgan fingerprint density at radius 2 is 1.46 bits per heavy atom. The highest BCUT2D eigenvalue weighted by Crippen LogP contribution is 2.42. The molecule has 0 atom stereocenters. The van der Waals surface area contributed by atoms with Crippen LogP contribution in [0.5, 0.6) is 0 Å². The van der Waals surface area contributed by atoms with Crippen LogP contribution in [-0.2, 0) is 9.47 Å². The normalized spacial score (nSPS) is 18.2. The summed E-state index contributed by atoms with van der Waals surface area (Å²) in [6, 6.07) is 9.98. The predicted molar refractivity (Wildman–Crippen MR) is 98.6 cm³/mol. The van der Waals surface area contributed by atoms with Gasteiger partial charge in [0.2, 0.25) is 0 Å². The molecule has 0 radical (unpaired) electrons. The lowest BCUT2D eigenvalue weighted by Crippen LogP contribution is -2.39. The minimum absolute atomic E-state index is 0.526. The van der Waals surface area contributed by atoms with Crippen LogP contribution < -0.4 is 9.80 Å². The Morgan fingerprint density at radius 1 is 0.846 bits per heavy atom. The van der Waals surface area contributed by atoms with Crippen molar-refractivity contribution in [1.29, 1.82) is 0 Å². The maximum absolute atomic E-state index is 14.8. The topological polar surface area (TPSA) is 50.7 Å². The Balaban J connectivity index is 1.77. The molecular formula is C18H21FN4O2S. The van der Waals surface area contributed by atoms with Gasteiger partial charge in [-0.15, -0.1) is 10.2 Å². The Bertz CT molecular complexity index is 737. The van der Waals surface area contributed by atoms with Crippen molar-refractivity contribution in [3.8, 4) is 0 Å². The van der Waals surface area contributed by atoms with Crippen molar-refractivity contribution in [2.24, 2.45) is 0 Å². The third kappa shape index (κ3) is 3.77. The average molecular weight is 376 g/mol. The first kappa shape index (κ1) is 17.5. The summed E-state index contributed by atoms with van der Waals surface area (Å²) in [4.78, 5) is 6.00. The van der Waals surface area contributed by atoms with Crippen molar-refractivity contribution in [2.75, 3.05) is 62.4 Å². The van der Waals surface area contributed by atoms with Gasteiger partial charge in [0.15, 0.2) is 5.82 Å². The minimum atomic E-state index is -0.526. The zero-order chi connectivity index (χ0) is 17.8. The maximum atomic E-state index is 14.8. The molecule has 0 spiro atoms. The molecule has 138 valence electrons. The molecule has 0 amide bonds. The molecular weight excluding hydrogens is 355 g/mol. The van der Waals surface area contributed by atoms with E-state index in [0.29, 0.717) is 45.2 Å². The Labute approximate surface area is 156 Å². The van der Waals surface area contributed by atoms with E-state index in [4.69, 9.17) is 9.47 Å². The van der Waals surface area contributed by atoms with E-state index < -0.39 is 5.95 Å². The molecule has 1 aromatic carbocycles. The average Bonchev–Trinajstić information content (AvgIpc) is 2.70. The second-order valence-corrected chi connectivity index (χ2v) is 7.19. The molecule has 2 saturated heterocycles. The van der Waals surface area contributed by atoms with Gasteiger partial charge in [-0.2, -0.15) is 4.39 Å². The molecule has 2 aromatic rings. The number of ether oxygens (including phenoxy) is 2. The smallest absolute Gasteiger partial charge is 0.257 e. The number of morpholine rings is 2. The summed E-state index contributed by atoms with van der Waals surface area (Å²) in [5, 5.41) is 8.06. The lowest BCUT2D eigenvalue weighted by atomic mass is 10.3. The van der Waals surface area contributed by atoms with Gasteiger partial charge in [-0.3, -0.25) is 0 Å². The highest BCUT2D eigenvalue weighted by molar-refractivity contribution is 7.99. The van der Waals surface area contributed by atoms with Crippen LogP contribution in [0.25, 0.3) is 0 Å². The van der Waals surface area contributed by atoms with Gasteiger partial charge in [0, 0.05) is 31.1 Å². The Hall–Kier alpha value is -1.90. The number of halogens is 1. The van der Waals surface area contributed by atoms with Gasteiger partial charge in [-0.1, -0.05) is 30.0 Å². The SMILES string of the molecule is Fc1nnc(N2CCOCC2)c(Sc2ccccc2)c1N1CCOCC1. The first-order valence-electron chi connectivity index (χ1n) is 8.77. The number of anilines is 2. The molecule has 0 bridgehead atoms. The highest BCUT2D eigenvalue weighted by atomic mass is 32.2. The number of rotatable bonds is 4. The molecule has 1 aromatic heterocycles. The fourth-order valence-corrected chi connectivity index (χ4v) is 4.23. The van der Waals surface area contributed by atoms with Crippen LogP contribution in [0.3, 0.4) is 0 Å². The largest absolute Gasteiger partial charge is 0.378 e. The number of aromatic nitrogens is 2. The van der Waals surface area contributed by atoms with Crippen LogP contribution in [0.15, 0.2) is 40.1 Å². The second-order valence-electron chi connectivity index (χ2n) is 6.11. The zero-order valence-electron chi connectivity index (χ0n) is 14.4. The summed E-state index contributed by atoms with van der Waals surface area (Å²) in [6.07, 6.45) is 0. The number of benzene rings is 1. The molecule has 26 heavy (non-hydrogen) atoms. The van der Waals surface area contributed by atoms with Crippen LogP contribution in [0.1, 0.15) is 0 Å². The van der Waals surface area contributed by atoms with Crippen molar-refractivity contribution in [3.63, 3.8) is 0 Å².